The van der Waals surface area contributed by atoms with Crippen LogP contribution in [0.3, 0.4) is 0 Å². The lowest BCUT2D eigenvalue weighted by molar-refractivity contribution is 0.0940. The Kier molecular flexibility index (Phi) is 6.52. The fourth-order valence-corrected chi connectivity index (χ4v) is 3.96. The summed E-state index contributed by atoms with van der Waals surface area (Å²) in [6.45, 7) is 1.86. The molecule has 0 bridgehead atoms. The van der Waals surface area contributed by atoms with Crippen molar-refractivity contribution in [2.75, 3.05) is 10.6 Å². The zero-order chi connectivity index (χ0) is 21.7. The van der Waals surface area contributed by atoms with Gasteiger partial charge in [0.15, 0.2) is 0 Å². The molecule has 0 saturated heterocycles. The molecule has 3 aromatic rings. The third kappa shape index (κ3) is 5.24. The number of anilines is 1. The van der Waals surface area contributed by atoms with Crippen LogP contribution in [0.5, 0.6) is 0 Å². The van der Waals surface area contributed by atoms with Crippen molar-refractivity contribution >= 4 is 21.6 Å². The predicted octanol–water partition coefficient (Wildman–Crippen LogP) is 4.28. The summed E-state index contributed by atoms with van der Waals surface area (Å²) in [5, 5.41) is 2.94. The van der Waals surface area contributed by atoms with Gasteiger partial charge in [0.05, 0.1) is 24.5 Å². The van der Waals surface area contributed by atoms with Crippen LogP contribution in [-0.4, -0.2) is 20.6 Å². The average molecular weight is 427 g/mol. The minimum atomic E-state index is -3.70. The zero-order valence-corrected chi connectivity index (χ0v) is 17.6. The van der Waals surface area contributed by atoms with Crippen LogP contribution < -0.4 is 9.62 Å². The van der Waals surface area contributed by atoms with Gasteiger partial charge in [0, 0.05) is 5.56 Å². The van der Waals surface area contributed by atoms with Crippen molar-refractivity contribution < 1.29 is 17.6 Å². The number of carbonyl (C=O) groups excluding carboxylic acids is 1. The molecule has 0 aliphatic rings. The minimum absolute atomic E-state index is 0.0153. The quantitative estimate of drug-likeness (QED) is 0.613. The number of amides is 1. The number of benzene rings is 3. The van der Waals surface area contributed by atoms with Crippen molar-refractivity contribution in [3.05, 3.63) is 101 Å². The van der Waals surface area contributed by atoms with Gasteiger partial charge in [-0.2, -0.15) is 0 Å². The Morgan fingerprint density at radius 1 is 0.967 bits per heavy atom. The molecule has 0 aliphatic heterocycles. The largest absolute Gasteiger partial charge is 0.346 e. The first kappa shape index (κ1) is 21.5. The Bertz CT molecular complexity index is 1120. The molecular formula is C23H23FN2O3S. The lowest BCUT2D eigenvalue weighted by atomic mass is 10.1. The average Bonchev–Trinajstić information content (AvgIpc) is 2.73. The van der Waals surface area contributed by atoms with E-state index in [1.165, 1.54) is 18.2 Å². The number of nitrogens with one attached hydrogen (secondary N) is 1. The van der Waals surface area contributed by atoms with E-state index in [-0.39, 0.29) is 24.2 Å². The number of carbonyl (C=O) groups is 1. The van der Waals surface area contributed by atoms with Gasteiger partial charge in [0.25, 0.3) is 5.91 Å². The summed E-state index contributed by atoms with van der Waals surface area (Å²) in [6.07, 6.45) is 1.03. The standard InChI is InChI=1S/C23H23FN2O3S/c1-17(19-8-4-3-5-9-19)25-23(27)20-14-12-18(13-15-20)16-26(30(2,28)29)22-11-7-6-10-21(22)24/h3-15,17H,16H2,1-2H3,(H,25,27)/t17-/m1/s1. The highest BCUT2D eigenvalue weighted by atomic mass is 32.2. The highest BCUT2D eigenvalue weighted by Crippen LogP contribution is 2.24. The summed E-state index contributed by atoms with van der Waals surface area (Å²) in [4.78, 5) is 12.5. The van der Waals surface area contributed by atoms with Crippen LogP contribution in [0.25, 0.3) is 0 Å². The lowest BCUT2D eigenvalue weighted by Gasteiger charge is -2.23. The maximum absolute atomic E-state index is 14.1. The minimum Gasteiger partial charge on any atom is -0.346 e. The first-order valence-corrected chi connectivity index (χ1v) is 11.3. The fourth-order valence-electron chi connectivity index (χ4n) is 3.07. The van der Waals surface area contributed by atoms with E-state index in [0.717, 1.165) is 16.1 Å². The second-order valence-corrected chi connectivity index (χ2v) is 8.93. The Labute approximate surface area is 176 Å². The number of rotatable bonds is 7. The van der Waals surface area contributed by atoms with Gasteiger partial charge in [-0.1, -0.05) is 54.6 Å². The second kappa shape index (κ2) is 9.09. The number of nitrogens with zero attached hydrogens (tertiary/aromatic N) is 1. The molecule has 3 aromatic carbocycles. The van der Waals surface area contributed by atoms with Gasteiger partial charge < -0.3 is 5.32 Å². The summed E-state index contributed by atoms with van der Waals surface area (Å²) in [6, 6.07) is 21.8. The molecule has 7 heteroatoms. The summed E-state index contributed by atoms with van der Waals surface area (Å²) >= 11 is 0. The Morgan fingerprint density at radius 2 is 1.57 bits per heavy atom. The van der Waals surface area contributed by atoms with Crippen molar-refractivity contribution in [2.45, 2.75) is 19.5 Å². The van der Waals surface area contributed by atoms with Crippen LogP contribution in [0.15, 0.2) is 78.9 Å². The third-order valence-electron chi connectivity index (χ3n) is 4.71. The van der Waals surface area contributed by atoms with Gasteiger partial charge in [-0.3, -0.25) is 9.10 Å². The molecule has 3 rings (SSSR count). The highest BCUT2D eigenvalue weighted by Gasteiger charge is 2.21. The van der Waals surface area contributed by atoms with Crippen LogP contribution >= 0.6 is 0 Å². The molecule has 1 atom stereocenters. The van der Waals surface area contributed by atoms with Crippen molar-refractivity contribution in [1.29, 1.82) is 0 Å². The summed E-state index contributed by atoms with van der Waals surface area (Å²) < 4.78 is 39.6. The van der Waals surface area contributed by atoms with E-state index in [9.17, 15) is 17.6 Å². The van der Waals surface area contributed by atoms with Gasteiger partial charge in [-0.05, 0) is 42.3 Å². The smallest absolute Gasteiger partial charge is 0.251 e. The Hall–Kier alpha value is -3.19. The Balaban J connectivity index is 1.74. The van der Waals surface area contributed by atoms with Crippen molar-refractivity contribution in [2.24, 2.45) is 0 Å². The third-order valence-corrected chi connectivity index (χ3v) is 5.84. The topological polar surface area (TPSA) is 66.5 Å². The molecule has 0 unspecified atom stereocenters. The van der Waals surface area contributed by atoms with Crippen molar-refractivity contribution in [3.63, 3.8) is 0 Å². The fraction of sp³-hybridized carbons (Fsp3) is 0.174. The summed E-state index contributed by atoms with van der Waals surface area (Å²) in [7, 11) is -3.70. The maximum atomic E-state index is 14.1. The van der Waals surface area contributed by atoms with Gasteiger partial charge in [0.2, 0.25) is 10.0 Å². The molecule has 0 radical (unpaired) electrons. The van der Waals surface area contributed by atoms with Crippen LogP contribution in [-0.2, 0) is 16.6 Å². The van der Waals surface area contributed by atoms with Crippen LogP contribution in [0.2, 0.25) is 0 Å². The number of hydrogen-bond donors (Lipinski definition) is 1. The maximum Gasteiger partial charge on any atom is 0.251 e. The van der Waals surface area contributed by atoms with Crippen molar-refractivity contribution in [1.82, 2.24) is 5.32 Å². The molecule has 0 saturated carbocycles. The monoisotopic (exact) mass is 426 g/mol. The summed E-state index contributed by atoms with van der Waals surface area (Å²) in [5.74, 6) is -0.846. The highest BCUT2D eigenvalue weighted by molar-refractivity contribution is 7.92. The molecule has 156 valence electrons. The molecule has 0 spiro atoms. The number of hydrogen-bond acceptors (Lipinski definition) is 3. The molecule has 30 heavy (non-hydrogen) atoms. The van der Waals surface area contributed by atoms with Crippen LogP contribution in [0, 0.1) is 5.82 Å². The van der Waals surface area contributed by atoms with E-state index >= 15 is 0 Å². The van der Waals surface area contributed by atoms with E-state index in [2.05, 4.69) is 5.32 Å². The SMILES string of the molecule is C[C@@H](NC(=O)c1ccc(CN(c2ccccc2F)S(C)(=O)=O)cc1)c1ccccc1. The predicted molar refractivity (Wildman–Crippen MR) is 116 cm³/mol. The van der Waals surface area contributed by atoms with Crippen LogP contribution in [0.4, 0.5) is 10.1 Å². The molecule has 1 N–H and O–H groups in total. The molecule has 5 nitrogen and oxygen atoms in total. The lowest BCUT2D eigenvalue weighted by Crippen LogP contribution is -2.30. The van der Waals surface area contributed by atoms with E-state index < -0.39 is 15.8 Å². The van der Waals surface area contributed by atoms with E-state index in [4.69, 9.17) is 0 Å². The number of para-hydroxylation sites is 1. The first-order chi connectivity index (χ1) is 14.3. The van der Waals surface area contributed by atoms with Gasteiger partial charge >= 0.3 is 0 Å². The van der Waals surface area contributed by atoms with Crippen molar-refractivity contribution in [3.8, 4) is 0 Å². The van der Waals surface area contributed by atoms with Crippen LogP contribution in [0.1, 0.15) is 34.5 Å². The first-order valence-electron chi connectivity index (χ1n) is 9.42. The normalized spacial score (nSPS) is 12.2. The molecule has 1 amide bonds. The van der Waals surface area contributed by atoms with Gasteiger partial charge in [-0.25, -0.2) is 12.8 Å². The zero-order valence-electron chi connectivity index (χ0n) is 16.7. The number of halogens is 1. The molecule has 0 heterocycles. The molecule has 0 fully saturated rings. The molecule has 0 aliphatic carbocycles. The van der Waals surface area contributed by atoms with E-state index in [0.29, 0.717) is 11.1 Å². The molecular weight excluding hydrogens is 403 g/mol. The number of sulfonamides is 1. The molecule has 0 aromatic heterocycles. The van der Waals surface area contributed by atoms with E-state index in [1.54, 1.807) is 30.3 Å². The van der Waals surface area contributed by atoms with Gasteiger partial charge in [0.1, 0.15) is 5.82 Å². The Morgan fingerprint density at radius 3 is 2.17 bits per heavy atom. The van der Waals surface area contributed by atoms with Gasteiger partial charge in [-0.15, -0.1) is 0 Å². The second-order valence-electron chi connectivity index (χ2n) is 7.02. The summed E-state index contributed by atoms with van der Waals surface area (Å²) in [5.41, 5.74) is 2.07. The van der Waals surface area contributed by atoms with E-state index in [1.807, 2.05) is 37.3 Å².